The molecule has 0 aliphatic rings. The predicted octanol–water partition coefficient (Wildman–Crippen LogP) is 14.7. The lowest BCUT2D eigenvalue weighted by Gasteiger charge is -2.28. The number of carbonyl (C=O) groups excluding carboxylic acids is 2. The molecule has 0 N–H and O–H groups in total. The monoisotopic (exact) mass is 918 g/mol. The molecule has 10 heteroatoms. The number of nitrogens with zero attached hydrogens (tertiary/aromatic N) is 1. The number of phosphoric acid groups is 1. The first-order valence-electron chi connectivity index (χ1n) is 25.6. The van der Waals surface area contributed by atoms with Crippen LogP contribution in [0.25, 0.3) is 0 Å². The number of esters is 2. The van der Waals surface area contributed by atoms with Crippen LogP contribution >= 0.6 is 7.82 Å². The maximum atomic E-state index is 12.7. The van der Waals surface area contributed by atoms with Gasteiger partial charge in [0.1, 0.15) is 19.8 Å². The smallest absolute Gasteiger partial charge is 0.306 e. The van der Waals surface area contributed by atoms with E-state index in [1.165, 1.54) is 77.0 Å². The first-order valence-corrected chi connectivity index (χ1v) is 27.1. The summed E-state index contributed by atoms with van der Waals surface area (Å²) in [7, 11) is 1.15. The molecule has 0 amide bonds. The first-order chi connectivity index (χ1) is 31.0. The largest absolute Gasteiger partial charge is 0.756 e. The second-order valence-corrected chi connectivity index (χ2v) is 19.6. The Morgan fingerprint density at radius 1 is 0.500 bits per heavy atom. The van der Waals surface area contributed by atoms with Crippen LogP contribution in [0.15, 0.2) is 72.9 Å². The zero-order valence-corrected chi connectivity index (χ0v) is 42.6. The van der Waals surface area contributed by atoms with Gasteiger partial charge in [0.2, 0.25) is 0 Å². The Bertz CT molecular complexity index is 1310. The summed E-state index contributed by atoms with van der Waals surface area (Å²) in [5.74, 6) is -0.848. The second-order valence-electron chi connectivity index (χ2n) is 18.1. The minimum Gasteiger partial charge on any atom is -0.756 e. The van der Waals surface area contributed by atoms with E-state index in [4.69, 9.17) is 18.5 Å². The van der Waals surface area contributed by atoms with Gasteiger partial charge >= 0.3 is 11.9 Å². The summed E-state index contributed by atoms with van der Waals surface area (Å²) in [5, 5.41) is 0. The summed E-state index contributed by atoms with van der Waals surface area (Å²) in [6.07, 6.45) is 58.0. The average Bonchev–Trinajstić information content (AvgIpc) is 3.25. The molecule has 64 heavy (non-hydrogen) atoms. The average molecular weight is 918 g/mol. The van der Waals surface area contributed by atoms with Crippen molar-refractivity contribution in [3.63, 3.8) is 0 Å². The first kappa shape index (κ1) is 61.5. The lowest BCUT2D eigenvalue weighted by atomic mass is 10.0. The van der Waals surface area contributed by atoms with Crippen LogP contribution in [-0.4, -0.2) is 70.0 Å². The van der Waals surface area contributed by atoms with Crippen molar-refractivity contribution in [2.24, 2.45) is 0 Å². The number of quaternary nitrogens is 1. The lowest BCUT2D eigenvalue weighted by molar-refractivity contribution is -0.870. The van der Waals surface area contributed by atoms with Gasteiger partial charge in [0.25, 0.3) is 7.82 Å². The predicted molar refractivity (Wildman–Crippen MR) is 268 cm³/mol. The molecule has 0 heterocycles. The quantitative estimate of drug-likeness (QED) is 0.0195. The number of hydrogen-bond donors (Lipinski definition) is 0. The number of unbranched alkanes of at least 4 members (excludes halogenated alkanes) is 20. The summed E-state index contributed by atoms with van der Waals surface area (Å²) in [6.45, 7) is 4.06. The highest BCUT2D eigenvalue weighted by atomic mass is 31.2. The van der Waals surface area contributed by atoms with Crippen LogP contribution in [0.4, 0.5) is 0 Å². The minimum absolute atomic E-state index is 0.0344. The van der Waals surface area contributed by atoms with Gasteiger partial charge in [-0.25, -0.2) is 0 Å². The third-order valence-corrected chi connectivity index (χ3v) is 11.7. The Morgan fingerprint density at radius 2 is 0.891 bits per heavy atom. The van der Waals surface area contributed by atoms with Gasteiger partial charge in [-0.05, 0) is 77.0 Å². The van der Waals surface area contributed by atoms with Crippen LogP contribution < -0.4 is 4.89 Å². The molecule has 2 atom stereocenters. The number of ether oxygens (including phenoxy) is 2. The molecule has 0 fully saturated rings. The van der Waals surface area contributed by atoms with Crippen LogP contribution in [0.5, 0.6) is 0 Å². The molecule has 9 nitrogen and oxygen atoms in total. The van der Waals surface area contributed by atoms with Gasteiger partial charge in [-0.15, -0.1) is 0 Å². The summed E-state index contributed by atoms with van der Waals surface area (Å²) in [4.78, 5) is 37.6. The third-order valence-electron chi connectivity index (χ3n) is 10.7. The van der Waals surface area contributed by atoms with Gasteiger partial charge in [-0.1, -0.05) is 189 Å². The van der Waals surface area contributed by atoms with Gasteiger partial charge in [-0.3, -0.25) is 14.2 Å². The molecule has 0 bridgehead atoms. The molecule has 0 saturated heterocycles. The molecule has 0 saturated carbocycles. The number of allylic oxidation sites excluding steroid dienone is 12. The van der Waals surface area contributed by atoms with Gasteiger partial charge in [0, 0.05) is 12.8 Å². The Kier molecular flexibility index (Phi) is 43.8. The van der Waals surface area contributed by atoms with Crippen molar-refractivity contribution in [1.82, 2.24) is 0 Å². The molecule has 370 valence electrons. The zero-order valence-electron chi connectivity index (χ0n) is 41.7. The van der Waals surface area contributed by atoms with Gasteiger partial charge < -0.3 is 27.9 Å². The van der Waals surface area contributed by atoms with Crippen molar-refractivity contribution < 1.29 is 42.1 Å². The van der Waals surface area contributed by atoms with Crippen molar-refractivity contribution in [3.05, 3.63) is 72.9 Å². The van der Waals surface area contributed by atoms with Crippen molar-refractivity contribution in [3.8, 4) is 0 Å². The van der Waals surface area contributed by atoms with Crippen LogP contribution in [0, 0.1) is 0 Å². The SMILES string of the molecule is CC/C=C\C/C=C\C/C=C\C/C=C\C/C=C\CCCCCCCCCCCCCCCC(=O)OC(COC(=O)CCCCCCC/C=C\CCCC)COP(=O)([O-])OCC[N+](C)(C)C. The zero-order chi connectivity index (χ0) is 47.1. The standard InChI is InChI=1S/C54H96NO8P/c1-6-8-10-12-14-16-18-19-20-21-22-23-24-25-26-27-28-29-30-31-32-33-34-35-37-39-41-43-45-47-54(57)63-52(51-62-64(58,59)61-49-48-55(3,4)5)50-60-53(56)46-44-42-40-38-36-17-15-13-11-9-7-2/h8,10,13-16,19-20,22-23,25-26,52H,6-7,9,11-12,17-18,21,24,27-51H2,1-5H3/b10-8-,15-13-,16-14-,20-19-,23-22-,26-25-. The van der Waals surface area contributed by atoms with Gasteiger partial charge in [-0.2, -0.15) is 0 Å². The summed E-state index contributed by atoms with van der Waals surface area (Å²) < 4.78 is 34.0. The maximum absolute atomic E-state index is 12.7. The summed E-state index contributed by atoms with van der Waals surface area (Å²) in [6, 6.07) is 0. The fraction of sp³-hybridized carbons (Fsp3) is 0.741. The molecular weight excluding hydrogens is 822 g/mol. The molecule has 0 aromatic carbocycles. The Morgan fingerprint density at radius 3 is 1.34 bits per heavy atom. The molecule has 0 aliphatic carbocycles. The van der Waals surface area contributed by atoms with Crippen molar-refractivity contribution >= 4 is 19.8 Å². The van der Waals surface area contributed by atoms with Gasteiger partial charge in [0.05, 0.1) is 27.7 Å². The Labute approximate surface area is 393 Å². The number of phosphoric ester groups is 1. The minimum atomic E-state index is -4.63. The maximum Gasteiger partial charge on any atom is 0.306 e. The van der Waals surface area contributed by atoms with E-state index in [2.05, 4.69) is 86.8 Å². The normalized spacial score (nSPS) is 14.0. The molecule has 0 aromatic rings. The van der Waals surface area contributed by atoms with E-state index >= 15 is 0 Å². The van der Waals surface area contributed by atoms with E-state index in [0.29, 0.717) is 17.4 Å². The third kappa shape index (κ3) is 48.9. The van der Waals surface area contributed by atoms with Crippen molar-refractivity contribution in [2.45, 2.75) is 213 Å². The van der Waals surface area contributed by atoms with Crippen LogP contribution in [0.3, 0.4) is 0 Å². The molecule has 0 aromatic heterocycles. The molecule has 0 rings (SSSR count). The highest BCUT2D eigenvalue weighted by Crippen LogP contribution is 2.38. The molecular formula is C54H96NO8P. The van der Waals surface area contributed by atoms with E-state index in [1.54, 1.807) is 0 Å². The van der Waals surface area contributed by atoms with E-state index < -0.39 is 32.5 Å². The topological polar surface area (TPSA) is 111 Å². The highest BCUT2D eigenvalue weighted by molar-refractivity contribution is 7.45. The van der Waals surface area contributed by atoms with Crippen LogP contribution in [0.2, 0.25) is 0 Å². The van der Waals surface area contributed by atoms with Crippen LogP contribution in [-0.2, 0) is 32.7 Å². The summed E-state index contributed by atoms with van der Waals surface area (Å²) in [5.41, 5.74) is 0. The fourth-order valence-electron chi connectivity index (χ4n) is 6.72. The lowest BCUT2D eigenvalue weighted by Crippen LogP contribution is -2.37. The summed E-state index contributed by atoms with van der Waals surface area (Å²) >= 11 is 0. The Hall–Kier alpha value is -2.55. The molecule has 0 spiro atoms. The van der Waals surface area contributed by atoms with Gasteiger partial charge in [0.15, 0.2) is 6.10 Å². The number of carbonyl (C=O) groups is 2. The van der Waals surface area contributed by atoms with E-state index in [9.17, 15) is 19.0 Å². The highest BCUT2D eigenvalue weighted by Gasteiger charge is 2.21. The number of rotatable bonds is 46. The van der Waals surface area contributed by atoms with Crippen molar-refractivity contribution in [2.75, 3.05) is 47.5 Å². The molecule has 0 aliphatic heterocycles. The van der Waals surface area contributed by atoms with E-state index in [1.807, 2.05) is 21.1 Å². The molecule has 2 unspecified atom stereocenters. The Balaban J connectivity index is 4.13. The van der Waals surface area contributed by atoms with Crippen molar-refractivity contribution in [1.29, 1.82) is 0 Å². The van der Waals surface area contributed by atoms with E-state index in [0.717, 1.165) is 96.3 Å². The number of hydrogen-bond acceptors (Lipinski definition) is 8. The fourth-order valence-corrected chi connectivity index (χ4v) is 7.45. The molecule has 0 radical (unpaired) electrons. The number of likely N-dealkylation sites (N-methyl/N-ethyl adjacent to an activating group) is 1. The van der Waals surface area contributed by atoms with E-state index in [-0.39, 0.29) is 26.1 Å². The van der Waals surface area contributed by atoms with Crippen LogP contribution in [0.1, 0.15) is 206 Å². The second kappa shape index (κ2) is 45.6.